The molecular formula is C11H14BrF3N2O. The molecule has 0 aliphatic carbocycles. The zero-order chi connectivity index (χ0) is 13.8. The summed E-state index contributed by atoms with van der Waals surface area (Å²) in [6, 6.07) is 4.48. The summed E-state index contributed by atoms with van der Waals surface area (Å²) in [5, 5.41) is 2.91. The second-order valence-electron chi connectivity index (χ2n) is 3.92. The monoisotopic (exact) mass is 326 g/mol. The van der Waals surface area contributed by atoms with Gasteiger partial charge in [-0.05, 0) is 32.3 Å². The molecule has 102 valence electrons. The van der Waals surface area contributed by atoms with Crippen LogP contribution < -0.4 is 10.1 Å². The van der Waals surface area contributed by atoms with Crippen LogP contribution in [-0.4, -0.2) is 38.4 Å². The van der Waals surface area contributed by atoms with Crippen LogP contribution in [0.2, 0.25) is 0 Å². The quantitative estimate of drug-likeness (QED) is 0.898. The molecule has 7 heteroatoms. The molecule has 0 aromatic heterocycles. The van der Waals surface area contributed by atoms with Gasteiger partial charge in [-0.2, -0.15) is 0 Å². The maximum atomic E-state index is 12.2. The van der Waals surface area contributed by atoms with E-state index in [4.69, 9.17) is 0 Å². The SMILES string of the molecule is CN(C)CCNc1ccc(Br)cc1OC(F)(F)F. The highest BCUT2D eigenvalue weighted by atomic mass is 79.9. The van der Waals surface area contributed by atoms with Crippen LogP contribution in [0.3, 0.4) is 0 Å². The smallest absolute Gasteiger partial charge is 0.404 e. The van der Waals surface area contributed by atoms with Crippen molar-refractivity contribution >= 4 is 21.6 Å². The number of rotatable bonds is 5. The second kappa shape index (κ2) is 6.29. The van der Waals surface area contributed by atoms with Gasteiger partial charge in [0.15, 0.2) is 5.75 Å². The molecule has 0 saturated carbocycles. The van der Waals surface area contributed by atoms with E-state index in [1.807, 2.05) is 19.0 Å². The van der Waals surface area contributed by atoms with E-state index in [0.29, 0.717) is 23.2 Å². The van der Waals surface area contributed by atoms with Crippen LogP contribution in [0.1, 0.15) is 0 Å². The lowest BCUT2D eigenvalue weighted by Gasteiger charge is -2.16. The molecule has 0 saturated heterocycles. The summed E-state index contributed by atoms with van der Waals surface area (Å²) in [5.41, 5.74) is 0.317. The molecule has 0 amide bonds. The lowest BCUT2D eigenvalue weighted by molar-refractivity contribution is -0.274. The Kier molecular flexibility index (Phi) is 5.28. The van der Waals surface area contributed by atoms with Gasteiger partial charge in [0.1, 0.15) is 0 Å². The first kappa shape index (κ1) is 15.1. The number of hydrogen-bond donors (Lipinski definition) is 1. The highest BCUT2D eigenvalue weighted by Crippen LogP contribution is 2.32. The second-order valence-corrected chi connectivity index (χ2v) is 4.83. The van der Waals surface area contributed by atoms with Crippen molar-refractivity contribution in [1.29, 1.82) is 0 Å². The van der Waals surface area contributed by atoms with Crippen molar-refractivity contribution < 1.29 is 17.9 Å². The summed E-state index contributed by atoms with van der Waals surface area (Å²) in [7, 11) is 3.77. The number of nitrogens with zero attached hydrogens (tertiary/aromatic N) is 1. The van der Waals surface area contributed by atoms with E-state index in [-0.39, 0.29) is 5.75 Å². The molecule has 0 radical (unpaired) electrons. The molecule has 0 aliphatic heterocycles. The van der Waals surface area contributed by atoms with Crippen LogP contribution in [0.15, 0.2) is 22.7 Å². The van der Waals surface area contributed by atoms with Crippen LogP contribution >= 0.6 is 15.9 Å². The van der Waals surface area contributed by atoms with Crippen LogP contribution in [0.5, 0.6) is 5.75 Å². The average molecular weight is 327 g/mol. The molecule has 1 aromatic rings. The van der Waals surface area contributed by atoms with Gasteiger partial charge < -0.3 is 15.0 Å². The number of likely N-dealkylation sites (N-methyl/N-ethyl adjacent to an activating group) is 1. The zero-order valence-electron chi connectivity index (χ0n) is 10.0. The van der Waals surface area contributed by atoms with Crippen LogP contribution in [0.25, 0.3) is 0 Å². The Morgan fingerprint density at radius 2 is 2.00 bits per heavy atom. The van der Waals surface area contributed by atoms with E-state index in [1.165, 1.54) is 6.07 Å². The topological polar surface area (TPSA) is 24.5 Å². The van der Waals surface area contributed by atoms with Gasteiger partial charge >= 0.3 is 6.36 Å². The van der Waals surface area contributed by atoms with Gasteiger partial charge in [-0.3, -0.25) is 0 Å². The average Bonchev–Trinajstić information content (AvgIpc) is 2.18. The standard InChI is InChI=1S/C11H14BrF3N2O/c1-17(2)6-5-16-9-4-3-8(12)7-10(9)18-11(13,14)15/h3-4,7,16H,5-6H2,1-2H3. The Morgan fingerprint density at radius 3 is 2.56 bits per heavy atom. The molecular weight excluding hydrogens is 313 g/mol. The van der Waals surface area contributed by atoms with E-state index in [1.54, 1.807) is 12.1 Å². The molecule has 1 rings (SSSR count). The predicted octanol–water partition coefficient (Wildman–Crippen LogP) is 3.32. The molecule has 1 N–H and O–H groups in total. The van der Waals surface area contributed by atoms with E-state index in [0.717, 1.165) is 0 Å². The van der Waals surface area contributed by atoms with Gasteiger partial charge in [0, 0.05) is 17.6 Å². The number of anilines is 1. The molecule has 0 aliphatic rings. The van der Waals surface area contributed by atoms with Gasteiger partial charge in [-0.1, -0.05) is 15.9 Å². The van der Waals surface area contributed by atoms with E-state index in [9.17, 15) is 13.2 Å². The highest BCUT2D eigenvalue weighted by Gasteiger charge is 2.32. The third kappa shape index (κ3) is 5.59. The van der Waals surface area contributed by atoms with Crippen molar-refractivity contribution in [3.8, 4) is 5.75 Å². The van der Waals surface area contributed by atoms with Crippen LogP contribution in [-0.2, 0) is 0 Å². The number of ether oxygens (including phenoxy) is 1. The number of hydrogen-bond acceptors (Lipinski definition) is 3. The molecule has 0 bridgehead atoms. The molecule has 1 aromatic carbocycles. The summed E-state index contributed by atoms with van der Waals surface area (Å²) in [5.74, 6) is -0.240. The summed E-state index contributed by atoms with van der Waals surface area (Å²) in [4.78, 5) is 1.93. The number of alkyl halides is 3. The first-order valence-corrected chi connectivity index (χ1v) is 6.01. The Hall–Kier alpha value is -0.950. The van der Waals surface area contributed by atoms with Gasteiger partial charge in [-0.25, -0.2) is 0 Å². The Labute approximate surface area is 112 Å². The summed E-state index contributed by atoms with van der Waals surface area (Å²) < 4.78 is 41.2. The first-order chi connectivity index (χ1) is 8.28. The first-order valence-electron chi connectivity index (χ1n) is 5.22. The van der Waals surface area contributed by atoms with E-state index in [2.05, 4.69) is 26.0 Å². The van der Waals surface area contributed by atoms with Crippen molar-refractivity contribution in [2.75, 3.05) is 32.5 Å². The third-order valence-electron chi connectivity index (χ3n) is 2.04. The molecule has 0 fully saturated rings. The minimum atomic E-state index is -4.70. The Balaban J connectivity index is 2.76. The van der Waals surface area contributed by atoms with Crippen molar-refractivity contribution in [2.24, 2.45) is 0 Å². The van der Waals surface area contributed by atoms with Gasteiger partial charge in [-0.15, -0.1) is 13.2 Å². The summed E-state index contributed by atoms with van der Waals surface area (Å²) >= 11 is 3.11. The van der Waals surface area contributed by atoms with Crippen molar-refractivity contribution in [3.63, 3.8) is 0 Å². The summed E-state index contributed by atoms with van der Waals surface area (Å²) in [6.07, 6.45) is -4.70. The molecule has 3 nitrogen and oxygen atoms in total. The normalized spacial score (nSPS) is 11.7. The zero-order valence-corrected chi connectivity index (χ0v) is 11.6. The van der Waals surface area contributed by atoms with Crippen molar-refractivity contribution in [1.82, 2.24) is 4.90 Å². The fourth-order valence-electron chi connectivity index (χ4n) is 1.27. The molecule has 0 heterocycles. The Morgan fingerprint density at radius 1 is 1.33 bits per heavy atom. The van der Waals surface area contributed by atoms with Crippen LogP contribution in [0.4, 0.5) is 18.9 Å². The number of nitrogens with one attached hydrogen (secondary N) is 1. The number of benzene rings is 1. The molecule has 0 unspecified atom stereocenters. The Bertz CT molecular complexity index is 396. The lowest BCUT2D eigenvalue weighted by atomic mass is 10.3. The van der Waals surface area contributed by atoms with E-state index >= 15 is 0 Å². The van der Waals surface area contributed by atoms with Gasteiger partial charge in [0.2, 0.25) is 0 Å². The van der Waals surface area contributed by atoms with Gasteiger partial charge in [0.05, 0.1) is 5.69 Å². The molecule has 0 atom stereocenters. The maximum absolute atomic E-state index is 12.2. The maximum Gasteiger partial charge on any atom is 0.573 e. The minimum Gasteiger partial charge on any atom is -0.404 e. The van der Waals surface area contributed by atoms with Crippen LogP contribution in [0, 0.1) is 0 Å². The van der Waals surface area contributed by atoms with Crippen molar-refractivity contribution in [3.05, 3.63) is 22.7 Å². The fourth-order valence-corrected chi connectivity index (χ4v) is 1.61. The fraction of sp³-hybridized carbons (Fsp3) is 0.455. The third-order valence-corrected chi connectivity index (χ3v) is 2.54. The van der Waals surface area contributed by atoms with Crippen molar-refractivity contribution in [2.45, 2.75) is 6.36 Å². The predicted molar refractivity (Wildman–Crippen MR) is 67.9 cm³/mol. The minimum absolute atomic E-state index is 0.240. The number of halogens is 4. The molecule has 18 heavy (non-hydrogen) atoms. The lowest BCUT2D eigenvalue weighted by Crippen LogP contribution is -2.22. The summed E-state index contributed by atoms with van der Waals surface area (Å²) in [6.45, 7) is 1.24. The highest BCUT2D eigenvalue weighted by molar-refractivity contribution is 9.10. The largest absolute Gasteiger partial charge is 0.573 e. The van der Waals surface area contributed by atoms with E-state index < -0.39 is 6.36 Å². The van der Waals surface area contributed by atoms with Gasteiger partial charge in [0.25, 0.3) is 0 Å². The molecule has 0 spiro atoms.